The molecule has 0 heterocycles. The lowest BCUT2D eigenvalue weighted by molar-refractivity contribution is -0.144. The first-order chi connectivity index (χ1) is 7.23. The lowest BCUT2D eigenvalue weighted by Gasteiger charge is -2.22. The van der Waals surface area contributed by atoms with Gasteiger partial charge in [-0.15, -0.1) is 0 Å². The smallest absolute Gasteiger partial charge is 0.309 e. The van der Waals surface area contributed by atoms with Crippen molar-refractivity contribution in [1.82, 2.24) is 0 Å². The predicted molar refractivity (Wildman–Crippen MR) is 56.7 cm³/mol. The molecule has 0 saturated heterocycles. The van der Waals surface area contributed by atoms with Gasteiger partial charge in [-0.3, -0.25) is 4.79 Å². The number of ether oxygens (including phenoxy) is 1. The maximum absolute atomic E-state index is 10.9. The highest BCUT2D eigenvalue weighted by Gasteiger charge is 2.49. The Hall–Kier alpha value is -0.570. The minimum absolute atomic E-state index is 0.406. The Bertz CT molecular complexity index is 227. The Morgan fingerprint density at radius 2 is 1.93 bits per heavy atom. The van der Waals surface area contributed by atoms with Crippen LogP contribution in [0.2, 0.25) is 0 Å². The van der Waals surface area contributed by atoms with E-state index in [1.165, 1.54) is 32.1 Å². The van der Waals surface area contributed by atoms with Gasteiger partial charge in [0, 0.05) is 6.61 Å². The summed E-state index contributed by atoms with van der Waals surface area (Å²) in [6.07, 6.45) is 9.01. The van der Waals surface area contributed by atoms with Crippen LogP contribution in [0, 0.1) is 5.41 Å². The van der Waals surface area contributed by atoms with E-state index in [9.17, 15) is 4.79 Å². The van der Waals surface area contributed by atoms with E-state index in [0.29, 0.717) is 19.1 Å². The minimum atomic E-state index is -0.630. The number of hydrogen-bond donors (Lipinski definition) is 1. The summed E-state index contributed by atoms with van der Waals surface area (Å²) < 4.78 is 5.75. The first-order valence-electron chi connectivity index (χ1n) is 6.08. The van der Waals surface area contributed by atoms with Crippen LogP contribution in [0.25, 0.3) is 0 Å². The van der Waals surface area contributed by atoms with Crippen molar-refractivity contribution in [2.45, 2.75) is 57.5 Å². The molecular weight excluding hydrogens is 192 g/mol. The third-order valence-electron chi connectivity index (χ3n) is 3.79. The third-order valence-corrected chi connectivity index (χ3v) is 3.79. The highest BCUT2D eigenvalue weighted by atomic mass is 16.5. The molecule has 2 saturated carbocycles. The highest BCUT2D eigenvalue weighted by Crippen LogP contribution is 2.49. The second kappa shape index (κ2) is 4.52. The Balaban J connectivity index is 1.64. The molecule has 2 rings (SSSR count). The van der Waals surface area contributed by atoms with Gasteiger partial charge in [0.2, 0.25) is 0 Å². The summed E-state index contributed by atoms with van der Waals surface area (Å²) in [5.74, 6) is -0.630. The number of carbonyl (C=O) groups is 1. The molecule has 2 aliphatic carbocycles. The van der Waals surface area contributed by atoms with Crippen molar-refractivity contribution in [3.8, 4) is 0 Å². The third kappa shape index (κ3) is 2.71. The number of carboxylic acids is 1. The molecule has 0 aromatic carbocycles. The molecule has 0 amide bonds. The summed E-state index contributed by atoms with van der Waals surface area (Å²) in [4.78, 5) is 10.9. The zero-order valence-electron chi connectivity index (χ0n) is 9.21. The van der Waals surface area contributed by atoms with Crippen molar-refractivity contribution in [1.29, 1.82) is 0 Å². The fourth-order valence-electron chi connectivity index (χ4n) is 2.37. The van der Waals surface area contributed by atoms with Crippen LogP contribution in [-0.2, 0) is 9.53 Å². The minimum Gasteiger partial charge on any atom is -0.481 e. The van der Waals surface area contributed by atoms with Crippen molar-refractivity contribution in [3.63, 3.8) is 0 Å². The van der Waals surface area contributed by atoms with E-state index in [1.807, 2.05) is 0 Å². The van der Waals surface area contributed by atoms with Crippen LogP contribution in [-0.4, -0.2) is 23.8 Å². The molecule has 1 N–H and O–H groups in total. The standard InChI is InChI=1S/C12H20O3/c13-11(14)12(6-7-12)8-9-15-10-4-2-1-3-5-10/h10H,1-9H2,(H,13,14). The van der Waals surface area contributed by atoms with Gasteiger partial charge >= 0.3 is 5.97 Å². The zero-order valence-corrected chi connectivity index (χ0v) is 9.21. The van der Waals surface area contributed by atoms with Gasteiger partial charge in [-0.05, 0) is 32.1 Å². The zero-order chi connectivity index (χ0) is 10.7. The molecule has 0 aromatic heterocycles. The average Bonchev–Trinajstić information content (AvgIpc) is 3.01. The van der Waals surface area contributed by atoms with Crippen LogP contribution >= 0.6 is 0 Å². The summed E-state index contributed by atoms with van der Waals surface area (Å²) in [6.45, 7) is 0.636. The van der Waals surface area contributed by atoms with E-state index in [0.717, 1.165) is 12.8 Å². The number of aliphatic carboxylic acids is 1. The van der Waals surface area contributed by atoms with Crippen molar-refractivity contribution >= 4 is 5.97 Å². The Kier molecular flexibility index (Phi) is 3.29. The average molecular weight is 212 g/mol. The van der Waals surface area contributed by atoms with Crippen molar-refractivity contribution < 1.29 is 14.6 Å². The Morgan fingerprint density at radius 1 is 1.27 bits per heavy atom. The molecule has 0 bridgehead atoms. The first-order valence-corrected chi connectivity index (χ1v) is 6.08. The molecule has 0 radical (unpaired) electrons. The maximum Gasteiger partial charge on any atom is 0.309 e. The molecule has 0 aliphatic heterocycles. The Morgan fingerprint density at radius 3 is 2.47 bits per heavy atom. The molecule has 2 aliphatic rings. The summed E-state index contributed by atoms with van der Waals surface area (Å²) in [7, 11) is 0. The highest BCUT2D eigenvalue weighted by molar-refractivity contribution is 5.77. The number of hydrogen-bond acceptors (Lipinski definition) is 2. The van der Waals surface area contributed by atoms with E-state index in [1.54, 1.807) is 0 Å². The van der Waals surface area contributed by atoms with Gasteiger partial charge in [0.15, 0.2) is 0 Å². The molecular formula is C12H20O3. The summed E-state index contributed by atoms with van der Waals surface area (Å²) >= 11 is 0. The van der Waals surface area contributed by atoms with E-state index < -0.39 is 11.4 Å². The van der Waals surface area contributed by atoms with Crippen LogP contribution in [0.3, 0.4) is 0 Å². The molecule has 86 valence electrons. The Labute approximate surface area is 90.8 Å². The fraction of sp³-hybridized carbons (Fsp3) is 0.917. The van der Waals surface area contributed by atoms with Gasteiger partial charge < -0.3 is 9.84 Å². The van der Waals surface area contributed by atoms with Gasteiger partial charge in [0.25, 0.3) is 0 Å². The van der Waals surface area contributed by atoms with E-state index in [4.69, 9.17) is 9.84 Å². The van der Waals surface area contributed by atoms with Crippen LogP contribution in [0.5, 0.6) is 0 Å². The van der Waals surface area contributed by atoms with E-state index in [-0.39, 0.29) is 0 Å². The number of carboxylic acid groups (broad SMARTS) is 1. The van der Waals surface area contributed by atoms with Gasteiger partial charge in [-0.1, -0.05) is 19.3 Å². The quantitative estimate of drug-likeness (QED) is 0.762. The second-order valence-electron chi connectivity index (χ2n) is 4.97. The molecule has 3 nitrogen and oxygen atoms in total. The van der Waals surface area contributed by atoms with Gasteiger partial charge in [-0.2, -0.15) is 0 Å². The summed E-state index contributed by atoms with van der Waals surface area (Å²) in [6, 6.07) is 0. The van der Waals surface area contributed by atoms with Crippen LogP contribution < -0.4 is 0 Å². The second-order valence-corrected chi connectivity index (χ2v) is 4.97. The van der Waals surface area contributed by atoms with Gasteiger partial charge in [0.1, 0.15) is 0 Å². The largest absolute Gasteiger partial charge is 0.481 e. The molecule has 15 heavy (non-hydrogen) atoms. The van der Waals surface area contributed by atoms with Gasteiger partial charge in [-0.25, -0.2) is 0 Å². The molecule has 0 spiro atoms. The molecule has 2 fully saturated rings. The first kappa shape index (κ1) is 10.9. The monoisotopic (exact) mass is 212 g/mol. The van der Waals surface area contributed by atoms with E-state index in [2.05, 4.69) is 0 Å². The van der Waals surface area contributed by atoms with Crippen molar-refractivity contribution in [2.24, 2.45) is 5.41 Å². The molecule has 0 atom stereocenters. The summed E-state index contributed by atoms with van der Waals surface area (Å²) in [5, 5.41) is 8.99. The maximum atomic E-state index is 10.9. The van der Waals surface area contributed by atoms with Crippen molar-refractivity contribution in [2.75, 3.05) is 6.61 Å². The van der Waals surface area contributed by atoms with Crippen LogP contribution in [0.4, 0.5) is 0 Å². The van der Waals surface area contributed by atoms with Crippen LogP contribution in [0.1, 0.15) is 51.4 Å². The summed E-state index contributed by atoms with van der Waals surface area (Å²) in [5.41, 5.74) is -0.408. The molecule has 3 heteroatoms. The topological polar surface area (TPSA) is 46.5 Å². The van der Waals surface area contributed by atoms with Gasteiger partial charge in [0.05, 0.1) is 11.5 Å². The van der Waals surface area contributed by atoms with Crippen LogP contribution in [0.15, 0.2) is 0 Å². The number of rotatable bonds is 5. The fourth-order valence-corrected chi connectivity index (χ4v) is 2.37. The van der Waals surface area contributed by atoms with Crippen molar-refractivity contribution in [3.05, 3.63) is 0 Å². The molecule has 0 aromatic rings. The normalized spacial score (nSPS) is 25.1. The lowest BCUT2D eigenvalue weighted by Crippen LogP contribution is -2.21. The van der Waals surface area contributed by atoms with E-state index >= 15 is 0 Å². The predicted octanol–water partition coefficient (Wildman–Crippen LogP) is 2.59. The lowest BCUT2D eigenvalue weighted by atomic mass is 9.97. The SMILES string of the molecule is O=C(O)C1(CCOC2CCCCC2)CC1. The molecule has 0 unspecified atom stereocenters.